The van der Waals surface area contributed by atoms with Crippen LogP contribution in [-0.2, 0) is 16.2 Å². The third kappa shape index (κ3) is 11.1. The van der Waals surface area contributed by atoms with Gasteiger partial charge in [0, 0.05) is 83.0 Å². The maximum Gasteiger partial charge on any atom is 0.252 e. The topological polar surface area (TPSA) is 37.7 Å². The van der Waals surface area contributed by atoms with E-state index in [-0.39, 0.29) is 44.7 Å². The van der Waals surface area contributed by atoms with Crippen molar-refractivity contribution in [1.29, 1.82) is 0 Å². The molecule has 5 nitrogen and oxygen atoms in total. The molecule has 0 bridgehead atoms. The Morgan fingerprint density at radius 1 is 0.281 bits per heavy atom. The number of anilines is 6. The lowest BCUT2D eigenvalue weighted by molar-refractivity contribution is 0.569. The summed E-state index contributed by atoms with van der Waals surface area (Å²) in [5, 5.41) is 3.83. The van der Waals surface area contributed by atoms with Crippen molar-refractivity contribution in [2.45, 2.75) is 78.6 Å². The van der Waals surface area contributed by atoms with E-state index in [4.69, 9.17) is 8.83 Å². The Labute approximate surface area is 677 Å². The van der Waals surface area contributed by atoms with Gasteiger partial charge in [-0.05, 0) is 196 Å². The Balaban J connectivity index is 0.986. The molecule has 5 heterocycles. The lowest BCUT2D eigenvalue weighted by Gasteiger charge is -2.46. The molecule has 0 atom stereocenters. The second kappa shape index (κ2) is 26.1. The Kier molecular flexibility index (Phi) is 13.8. The molecule has 0 N–H and O–H groups in total. The fourth-order valence-electron chi connectivity index (χ4n) is 18.0. The van der Waals surface area contributed by atoms with Crippen LogP contribution in [0.25, 0.3) is 149 Å². The van der Waals surface area contributed by atoms with Crippen LogP contribution in [0.3, 0.4) is 0 Å². The lowest BCUT2D eigenvalue weighted by Crippen LogP contribution is -2.61. The number of furan rings is 2. The standard InChI is InChI=1S/C108H84BN3O2/c1-106(2,3)75-56-72(57-76(63-75)107(4,5)6)71-52-55-93-90(62-71)109-89-54-53-78(110-91-46-26-22-40-79(91)80-41-23-27-47-92(80)110)66-94(89)112(105-86(70-38-20-13-21-39-70)59-74(68-34-16-11-17-35-68)61-88(105)82-45-31-51-100-102(82)84-43-25-29-49-98(84)114-100)96-65-77(108(7,8)9)64-95(103(96)109)111(93)104-85(69-36-18-12-19-37-69)58-73(67-32-14-10-15-33-67)60-87(104)81-44-30-50-99-101(81)83-42-24-28-48-97(83)113-99/h10-66H,1-9H3/i22D,23D,26D,27D,40D,41D,46D,47D. The maximum atomic E-state index is 10.0. The minimum atomic E-state index is -0.594. The predicted octanol–water partition coefficient (Wildman–Crippen LogP) is 28.2. The summed E-state index contributed by atoms with van der Waals surface area (Å²) in [7, 11) is 0. The molecule has 0 unspecified atom stereocenters. The van der Waals surface area contributed by atoms with Gasteiger partial charge in [-0.1, -0.05) is 317 Å². The third-order valence-electron chi connectivity index (χ3n) is 23.6. The molecule has 0 spiro atoms. The van der Waals surface area contributed by atoms with Crippen LogP contribution < -0.4 is 26.2 Å². The van der Waals surface area contributed by atoms with Gasteiger partial charge in [0.05, 0.1) is 33.4 Å². The molecule has 21 rings (SSSR count). The van der Waals surface area contributed by atoms with Gasteiger partial charge in [0.2, 0.25) is 0 Å². The van der Waals surface area contributed by atoms with Crippen LogP contribution in [-0.4, -0.2) is 11.3 Å². The van der Waals surface area contributed by atoms with E-state index in [9.17, 15) is 11.0 Å². The highest BCUT2D eigenvalue weighted by atomic mass is 16.3. The molecule has 0 fully saturated rings. The molecule has 6 heteroatoms. The lowest BCUT2D eigenvalue weighted by atomic mass is 9.33. The summed E-state index contributed by atoms with van der Waals surface area (Å²) in [6.07, 6.45) is 0. The predicted molar refractivity (Wildman–Crippen MR) is 484 cm³/mol. The summed E-state index contributed by atoms with van der Waals surface area (Å²) in [6.45, 7) is 20.0. The zero-order chi connectivity index (χ0) is 84.0. The minimum absolute atomic E-state index is 0.00909. The smallest absolute Gasteiger partial charge is 0.252 e. The second-order valence-electron chi connectivity index (χ2n) is 33.7. The number of hydrogen-bond acceptors (Lipinski definition) is 4. The summed E-state index contributed by atoms with van der Waals surface area (Å²) in [5.41, 5.74) is 27.8. The van der Waals surface area contributed by atoms with Gasteiger partial charge in [-0.3, -0.25) is 0 Å². The molecule has 16 aromatic carbocycles. The minimum Gasteiger partial charge on any atom is -0.456 e. The fourth-order valence-corrected chi connectivity index (χ4v) is 18.0. The molecule has 0 saturated heterocycles. The van der Waals surface area contributed by atoms with Crippen LogP contribution in [0.4, 0.5) is 34.1 Å². The maximum absolute atomic E-state index is 10.0. The average molecular weight is 1470 g/mol. The van der Waals surface area contributed by atoms with Crippen molar-refractivity contribution in [3.8, 4) is 83.6 Å². The summed E-state index contributed by atoms with van der Waals surface area (Å²) >= 11 is 0. The first kappa shape index (κ1) is 60.3. The summed E-state index contributed by atoms with van der Waals surface area (Å²) in [4.78, 5) is 5.07. The molecule has 0 radical (unpaired) electrons. The van der Waals surface area contributed by atoms with E-state index in [0.29, 0.717) is 11.3 Å². The first-order valence-electron chi connectivity index (χ1n) is 43.4. The first-order chi connectivity index (χ1) is 58.8. The molecule has 2 aliphatic heterocycles. The Hall–Kier alpha value is -13.4. The normalized spacial score (nSPS) is 13.9. The van der Waals surface area contributed by atoms with Gasteiger partial charge in [-0.25, -0.2) is 0 Å². The van der Waals surface area contributed by atoms with Crippen LogP contribution in [0.5, 0.6) is 0 Å². The third-order valence-corrected chi connectivity index (χ3v) is 23.6. The van der Waals surface area contributed by atoms with Crippen molar-refractivity contribution >= 4 is 123 Å². The molecule has 0 aliphatic carbocycles. The second-order valence-corrected chi connectivity index (χ2v) is 33.7. The van der Waals surface area contributed by atoms with Gasteiger partial charge in [-0.15, -0.1) is 0 Å². The van der Waals surface area contributed by atoms with E-state index in [0.717, 1.165) is 172 Å². The zero-order valence-electron chi connectivity index (χ0n) is 73.0. The van der Waals surface area contributed by atoms with Crippen LogP contribution in [0, 0.1) is 0 Å². The van der Waals surface area contributed by atoms with Crippen LogP contribution in [0.2, 0.25) is 0 Å². The molecule has 0 amide bonds. The highest BCUT2D eigenvalue weighted by molar-refractivity contribution is 7.00. The number of hydrogen-bond donors (Lipinski definition) is 0. The molecule has 3 aromatic heterocycles. The van der Waals surface area contributed by atoms with E-state index >= 15 is 0 Å². The van der Waals surface area contributed by atoms with Gasteiger partial charge >= 0.3 is 0 Å². The first-order valence-corrected chi connectivity index (χ1v) is 39.4. The van der Waals surface area contributed by atoms with E-state index in [1.54, 1.807) is 4.57 Å². The number of para-hydroxylation sites is 4. The van der Waals surface area contributed by atoms with Crippen molar-refractivity contribution in [1.82, 2.24) is 4.57 Å². The number of fused-ring (bicyclic) bond motifs is 13. The monoisotopic (exact) mass is 1470 g/mol. The summed E-state index contributed by atoms with van der Waals surface area (Å²) in [6, 6.07) is 103. The van der Waals surface area contributed by atoms with Gasteiger partial charge in [0.15, 0.2) is 0 Å². The van der Waals surface area contributed by atoms with Crippen molar-refractivity contribution < 1.29 is 19.8 Å². The van der Waals surface area contributed by atoms with E-state index < -0.39 is 48.4 Å². The molecule has 0 saturated carbocycles. The number of aromatic nitrogens is 1. The highest BCUT2D eigenvalue weighted by Crippen LogP contribution is 2.57. The van der Waals surface area contributed by atoms with Crippen molar-refractivity contribution in [2.24, 2.45) is 0 Å². The summed E-state index contributed by atoms with van der Waals surface area (Å²) in [5.74, 6) is 0. The Morgan fingerprint density at radius 3 is 1.18 bits per heavy atom. The zero-order valence-corrected chi connectivity index (χ0v) is 65.0. The molecular formula is C108H84BN3O2. The summed E-state index contributed by atoms with van der Waals surface area (Å²) < 4.78 is 92.5. The van der Waals surface area contributed by atoms with Crippen LogP contribution in [0.15, 0.2) is 354 Å². The van der Waals surface area contributed by atoms with Gasteiger partial charge in [-0.2, -0.15) is 0 Å². The van der Waals surface area contributed by atoms with E-state index in [1.807, 2.05) is 36.4 Å². The largest absolute Gasteiger partial charge is 0.456 e. The van der Waals surface area contributed by atoms with Crippen molar-refractivity contribution in [3.05, 3.63) is 362 Å². The fraction of sp³-hybridized carbons (Fsp3) is 0.111. The number of benzene rings is 16. The van der Waals surface area contributed by atoms with E-state index in [1.165, 1.54) is 11.1 Å². The molecule has 2 aliphatic rings. The average Bonchev–Trinajstić information content (AvgIpc) is 1.67. The van der Waals surface area contributed by atoms with Crippen molar-refractivity contribution in [2.75, 3.05) is 9.80 Å². The molecule has 546 valence electrons. The number of rotatable bonds is 10. The quantitative estimate of drug-likeness (QED) is 0.128. The molecule has 114 heavy (non-hydrogen) atoms. The highest BCUT2D eigenvalue weighted by Gasteiger charge is 2.47. The van der Waals surface area contributed by atoms with Crippen molar-refractivity contribution in [3.63, 3.8) is 0 Å². The molecular weight excluding hydrogens is 1380 g/mol. The Bertz CT molecular complexity index is 7510. The SMILES string of the molecule is [2H]c1c([2H])c([2H])c2c(c1[2H])c1c([2H])c([2H])c([2H])c([2H])c1n2-c1ccc2c(c1)N(c1c(-c3ccccc3)cc(-c3ccccc3)cc1-c1cccc3oc4ccccc4c13)c1cc(C(C)(C)C)cc3c1B2c1cc(-c2cc(C(C)(C)C)cc(C(C)(C)C)c2)ccc1N3c1c(-c2ccccc2)cc(-c2ccccc2)cc1-c1cccc2oc3ccccc3c12. The Morgan fingerprint density at radius 2 is 0.693 bits per heavy atom. The van der Waals surface area contributed by atoms with Crippen LogP contribution in [0.1, 0.15) is 90.0 Å². The number of nitrogens with zero attached hydrogens (tertiary/aromatic N) is 3. The van der Waals surface area contributed by atoms with Gasteiger partial charge in [0.25, 0.3) is 6.71 Å². The van der Waals surface area contributed by atoms with Gasteiger partial charge in [0.1, 0.15) is 22.3 Å². The van der Waals surface area contributed by atoms with E-state index in [2.05, 4.69) is 333 Å². The molecule has 19 aromatic rings. The van der Waals surface area contributed by atoms with Gasteiger partial charge < -0.3 is 23.2 Å². The van der Waals surface area contributed by atoms with Crippen LogP contribution >= 0.6 is 0 Å².